The summed E-state index contributed by atoms with van der Waals surface area (Å²) in [4.78, 5) is 8.17. The maximum absolute atomic E-state index is 14.4. The highest BCUT2D eigenvalue weighted by atomic mass is 19.2. The summed E-state index contributed by atoms with van der Waals surface area (Å²) in [5, 5.41) is 25.1. The maximum atomic E-state index is 14.4. The van der Waals surface area contributed by atoms with Crippen molar-refractivity contribution in [3.63, 3.8) is 0 Å². The zero-order valence-corrected chi connectivity index (χ0v) is 23.3. The second-order valence-electron chi connectivity index (χ2n) is 10.7. The van der Waals surface area contributed by atoms with Gasteiger partial charge in [-0.2, -0.15) is 20.5 Å². The van der Waals surface area contributed by atoms with Crippen molar-refractivity contribution in [1.29, 1.82) is 10.5 Å². The molecule has 0 aliphatic heterocycles. The summed E-state index contributed by atoms with van der Waals surface area (Å²) in [7, 11) is 0. The summed E-state index contributed by atoms with van der Waals surface area (Å²) in [5.74, 6) is -3.34. The molecule has 0 radical (unpaired) electrons. The SMILES string of the molecule is Cc1c(F)cc(-c2ccc3c(c2)/c(=N\C#N)c2cc4/c(=N\C#N)c5cc(-c6cc(F)c(CF)c(F)c6)ccc5c4cc23)cc1F. The third-order valence-corrected chi connectivity index (χ3v) is 8.34. The minimum absolute atomic E-state index is 0.0789. The Bertz CT molecular complexity index is 2570. The van der Waals surface area contributed by atoms with Crippen molar-refractivity contribution in [2.75, 3.05) is 0 Å². The number of nitriles is 2. The molecule has 0 saturated heterocycles. The van der Waals surface area contributed by atoms with Gasteiger partial charge in [0.15, 0.2) is 0 Å². The standard InChI is InChI=1S/C36H17F5N4/c1-17-31(38)8-20(9-32(17)39)18-2-4-22-24-12-25-23-5-3-19(21-10-33(40)30(14-37)34(41)11-21)7-27(23)36(45-16-43)29(25)13-28(24)35(44-15-42)26(22)6-18/h2-13H,14H2,1H3/b44-35+,45-36-. The van der Waals surface area contributed by atoms with Crippen molar-refractivity contribution in [2.24, 2.45) is 9.98 Å². The molecule has 0 aliphatic carbocycles. The first-order valence-corrected chi connectivity index (χ1v) is 13.7. The zero-order chi connectivity index (χ0) is 31.6. The second kappa shape index (κ2) is 10.4. The topological polar surface area (TPSA) is 72.3 Å². The van der Waals surface area contributed by atoms with Crippen LogP contribution in [0.25, 0.3) is 65.3 Å². The Labute approximate surface area is 251 Å². The predicted octanol–water partition coefficient (Wildman–Crippen LogP) is 8.61. The van der Waals surface area contributed by atoms with E-state index in [4.69, 9.17) is 0 Å². The highest BCUT2D eigenvalue weighted by molar-refractivity contribution is 6.21. The summed E-state index contributed by atoms with van der Waals surface area (Å²) >= 11 is 0. The number of nitrogens with zero attached hydrogens (tertiary/aromatic N) is 4. The lowest BCUT2D eigenvalue weighted by atomic mass is 10.00. The average molecular weight is 601 g/mol. The largest absolute Gasteiger partial charge is 0.246 e. The highest BCUT2D eigenvalue weighted by Gasteiger charge is 2.18. The van der Waals surface area contributed by atoms with E-state index in [0.29, 0.717) is 48.9 Å². The molecule has 0 spiro atoms. The van der Waals surface area contributed by atoms with E-state index in [1.807, 2.05) is 18.5 Å². The average Bonchev–Trinajstić information content (AvgIpc) is 3.49. The maximum Gasteiger partial charge on any atom is 0.206 e. The van der Waals surface area contributed by atoms with Crippen molar-refractivity contribution in [3.05, 3.63) is 118 Å². The number of benzene rings is 5. The van der Waals surface area contributed by atoms with Gasteiger partial charge in [0.25, 0.3) is 0 Å². The molecule has 0 unspecified atom stereocenters. The smallest absolute Gasteiger partial charge is 0.206 e. The Morgan fingerprint density at radius 2 is 0.911 bits per heavy atom. The number of fused-ring (bicyclic) bond motifs is 6. The van der Waals surface area contributed by atoms with Crippen LogP contribution in [0.4, 0.5) is 22.0 Å². The fraction of sp³-hybridized carbons (Fsp3) is 0.0556. The summed E-state index contributed by atoms with van der Waals surface area (Å²) in [6.45, 7) is 0.0872. The van der Waals surface area contributed by atoms with Gasteiger partial charge in [0, 0.05) is 27.1 Å². The van der Waals surface area contributed by atoms with Gasteiger partial charge in [-0.05, 0) is 99.3 Å². The van der Waals surface area contributed by atoms with Crippen LogP contribution in [-0.2, 0) is 6.67 Å². The molecule has 0 atom stereocenters. The number of halogens is 5. The molecule has 7 rings (SSSR count). The van der Waals surface area contributed by atoms with E-state index in [1.165, 1.54) is 19.1 Å². The number of hydrogen-bond acceptors (Lipinski definition) is 4. The van der Waals surface area contributed by atoms with E-state index in [-0.39, 0.29) is 11.1 Å². The molecule has 4 nitrogen and oxygen atoms in total. The zero-order valence-electron chi connectivity index (χ0n) is 23.3. The van der Waals surface area contributed by atoms with Gasteiger partial charge in [-0.25, -0.2) is 22.0 Å². The quantitative estimate of drug-likeness (QED) is 0.151. The summed E-state index contributed by atoms with van der Waals surface area (Å²) in [6.07, 6.45) is 3.67. The first kappa shape index (κ1) is 27.9. The molecule has 0 amide bonds. The van der Waals surface area contributed by atoms with Crippen LogP contribution >= 0.6 is 0 Å². The third-order valence-electron chi connectivity index (χ3n) is 8.34. The van der Waals surface area contributed by atoms with Crippen LogP contribution < -0.4 is 10.7 Å². The summed E-state index contributed by atoms with van der Waals surface area (Å²) in [5.41, 5.74) is 0.784. The lowest BCUT2D eigenvalue weighted by Gasteiger charge is -2.06. The Balaban J connectivity index is 1.51. The van der Waals surface area contributed by atoms with Crippen molar-refractivity contribution < 1.29 is 22.0 Å². The van der Waals surface area contributed by atoms with Gasteiger partial charge in [-0.3, -0.25) is 0 Å². The molecule has 0 saturated carbocycles. The Morgan fingerprint density at radius 1 is 0.511 bits per heavy atom. The molecular weight excluding hydrogens is 583 g/mol. The van der Waals surface area contributed by atoms with Crippen LogP contribution in [0.15, 0.2) is 82.8 Å². The monoisotopic (exact) mass is 600 g/mol. The molecule has 0 aromatic heterocycles. The molecule has 0 fully saturated rings. The van der Waals surface area contributed by atoms with E-state index in [1.54, 1.807) is 42.5 Å². The van der Waals surface area contributed by atoms with Crippen LogP contribution in [0.2, 0.25) is 0 Å². The van der Waals surface area contributed by atoms with Crippen LogP contribution in [0, 0.1) is 53.1 Å². The van der Waals surface area contributed by atoms with Gasteiger partial charge in [0.1, 0.15) is 29.9 Å². The molecule has 0 aliphatic rings. The number of hydrogen-bond donors (Lipinski definition) is 0. The molecule has 9 heteroatoms. The van der Waals surface area contributed by atoms with E-state index >= 15 is 0 Å². The normalized spacial score (nSPS) is 12.5. The Morgan fingerprint density at radius 3 is 1.33 bits per heavy atom. The van der Waals surface area contributed by atoms with E-state index in [0.717, 1.165) is 33.7 Å². The molecule has 45 heavy (non-hydrogen) atoms. The van der Waals surface area contributed by atoms with Gasteiger partial charge >= 0.3 is 0 Å². The molecule has 0 heterocycles. The minimum atomic E-state index is -1.27. The summed E-state index contributed by atoms with van der Waals surface area (Å²) in [6, 6.07) is 18.7. The third kappa shape index (κ3) is 4.24. The van der Waals surface area contributed by atoms with Gasteiger partial charge in [-0.15, -0.1) is 0 Å². The summed E-state index contributed by atoms with van der Waals surface area (Å²) < 4.78 is 70.6. The number of alkyl halides is 1. The first-order chi connectivity index (χ1) is 21.7. The highest BCUT2D eigenvalue weighted by Crippen LogP contribution is 2.36. The van der Waals surface area contributed by atoms with Crippen molar-refractivity contribution in [1.82, 2.24) is 0 Å². The Hall–Kier alpha value is -5.93. The fourth-order valence-electron chi connectivity index (χ4n) is 6.09. The van der Waals surface area contributed by atoms with Gasteiger partial charge < -0.3 is 0 Å². The Kier molecular flexibility index (Phi) is 6.42. The molecule has 216 valence electrons. The lowest BCUT2D eigenvalue weighted by molar-refractivity contribution is 0.440. The first-order valence-electron chi connectivity index (χ1n) is 13.7. The van der Waals surface area contributed by atoms with Crippen LogP contribution in [-0.4, -0.2) is 0 Å². The molecule has 0 bridgehead atoms. The van der Waals surface area contributed by atoms with Crippen molar-refractivity contribution >= 4 is 43.1 Å². The van der Waals surface area contributed by atoms with E-state index < -0.39 is 35.5 Å². The van der Waals surface area contributed by atoms with E-state index in [2.05, 4.69) is 9.98 Å². The van der Waals surface area contributed by atoms with E-state index in [9.17, 15) is 32.5 Å². The van der Waals surface area contributed by atoms with Crippen LogP contribution in [0.3, 0.4) is 0 Å². The van der Waals surface area contributed by atoms with Crippen LogP contribution in [0.5, 0.6) is 0 Å². The van der Waals surface area contributed by atoms with Gasteiger partial charge in [0.05, 0.1) is 16.3 Å². The number of rotatable bonds is 3. The minimum Gasteiger partial charge on any atom is -0.246 e. The fourth-order valence-corrected chi connectivity index (χ4v) is 6.09. The predicted molar refractivity (Wildman–Crippen MR) is 161 cm³/mol. The lowest BCUT2D eigenvalue weighted by Crippen LogP contribution is -2.01. The molecular formula is C36H17F5N4. The van der Waals surface area contributed by atoms with Crippen molar-refractivity contribution in [3.8, 4) is 34.6 Å². The van der Waals surface area contributed by atoms with Crippen molar-refractivity contribution in [2.45, 2.75) is 13.6 Å². The van der Waals surface area contributed by atoms with Crippen LogP contribution in [0.1, 0.15) is 11.1 Å². The molecule has 7 aromatic rings. The van der Waals surface area contributed by atoms with Gasteiger partial charge in [0.2, 0.25) is 12.4 Å². The molecule has 0 N–H and O–H groups in total. The second-order valence-corrected chi connectivity index (χ2v) is 10.7. The van der Waals surface area contributed by atoms with Gasteiger partial charge in [-0.1, -0.05) is 24.3 Å². The molecule has 7 aromatic carbocycles.